The number of hydrogen-bond acceptors (Lipinski definition) is 3. The third kappa shape index (κ3) is 7.72. The minimum atomic E-state index is -1.06. The van der Waals surface area contributed by atoms with Gasteiger partial charge in [-0.2, -0.15) is 0 Å². The van der Waals surface area contributed by atoms with E-state index in [0.29, 0.717) is 30.1 Å². The molecule has 5 rings (SSSR count). The molecular weight excluding hydrogens is 534 g/mol. The molecule has 0 aliphatic carbocycles. The van der Waals surface area contributed by atoms with E-state index >= 15 is 0 Å². The van der Waals surface area contributed by atoms with Crippen LogP contribution in [0, 0.1) is 17.6 Å². The van der Waals surface area contributed by atoms with Crippen LogP contribution in [0.2, 0.25) is 0 Å². The predicted molar refractivity (Wildman–Crippen MR) is 163 cm³/mol. The summed E-state index contributed by atoms with van der Waals surface area (Å²) in [5.41, 5.74) is 4.27. The number of piperidine rings is 1. The fourth-order valence-electron chi connectivity index (χ4n) is 5.32. The lowest BCUT2D eigenvalue weighted by Crippen LogP contribution is -2.36. The molecule has 0 spiro atoms. The van der Waals surface area contributed by atoms with E-state index in [1.54, 1.807) is 12.1 Å². The zero-order valence-electron chi connectivity index (χ0n) is 23.3. The molecule has 42 heavy (non-hydrogen) atoms. The maximum absolute atomic E-state index is 13.6. The highest BCUT2D eigenvalue weighted by molar-refractivity contribution is 6.04. The summed E-state index contributed by atoms with van der Waals surface area (Å²) in [5, 5.41) is 8.23. The van der Waals surface area contributed by atoms with Gasteiger partial charge in [0.1, 0.15) is 0 Å². The fourth-order valence-corrected chi connectivity index (χ4v) is 5.32. The van der Waals surface area contributed by atoms with Crippen LogP contribution in [0.3, 0.4) is 0 Å². The Balaban J connectivity index is 1.28. The van der Waals surface area contributed by atoms with E-state index in [9.17, 15) is 18.4 Å². The standard InChI is InChI=1S/C34H34F2N4O2/c35-30-13-11-28(23-31(30)36)39-34(42)38-27-12-14-32(29(22-27)33(41)37-18-15-24-7-3-1-4-8-24)40-19-16-26(17-20-40)21-25-9-5-2-6-10-25/h1-14,22-23,26H,15-21H2,(H,37,41)(H2,38,39,42). The molecule has 1 fully saturated rings. The SMILES string of the molecule is O=C(Nc1ccc(F)c(F)c1)Nc1ccc(N2CCC(Cc3ccccc3)CC2)c(C(=O)NCCc2ccccc2)c1. The summed E-state index contributed by atoms with van der Waals surface area (Å²) in [7, 11) is 0. The molecule has 0 atom stereocenters. The van der Waals surface area contributed by atoms with Gasteiger partial charge in [0.25, 0.3) is 5.91 Å². The summed E-state index contributed by atoms with van der Waals surface area (Å²) in [6.45, 7) is 2.12. The highest BCUT2D eigenvalue weighted by Crippen LogP contribution is 2.30. The van der Waals surface area contributed by atoms with Gasteiger partial charge in [0.2, 0.25) is 0 Å². The summed E-state index contributed by atoms with van der Waals surface area (Å²) >= 11 is 0. The number of benzene rings is 4. The van der Waals surface area contributed by atoms with E-state index in [-0.39, 0.29) is 11.6 Å². The van der Waals surface area contributed by atoms with Crippen molar-refractivity contribution in [3.05, 3.63) is 125 Å². The Labute approximate surface area is 244 Å². The van der Waals surface area contributed by atoms with Crippen LogP contribution < -0.4 is 20.9 Å². The number of carbonyl (C=O) groups is 2. The zero-order chi connectivity index (χ0) is 29.3. The molecule has 3 amide bonds. The monoisotopic (exact) mass is 568 g/mol. The van der Waals surface area contributed by atoms with Crippen LogP contribution in [-0.2, 0) is 12.8 Å². The highest BCUT2D eigenvalue weighted by atomic mass is 19.2. The van der Waals surface area contributed by atoms with Crippen molar-refractivity contribution >= 4 is 29.0 Å². The first kappa shape index (κ1) is 28.8. The van der Waals surface area contributed by atoms with Crippen molar-refractivity contribution in [2.75, 3.05) is 35.2 Å². The number of rotatable bonds is 9. The van der Waals surface area contributed by atoms with E-state index in [0.717, 1.165) is 55.7 Å². The average Bonchev–Trinajstić information content (AvgIpc) is 3.00. The van der Waals surface area contributed by atoms with Crippen LogP contribution in [0.25, 0.3) is 0 Å². The van der Waals surface area contributed by atoms with Crippen LogP contribution in [0.15, 0.2) is 97.1 Å². The largest absolute Gasteiger partial charge is 0.371 e. The molecule has 8 heteroatoms. The van der Waals surface area contributed by atoms with E-state index in [1.165, 1.54) is 11.6 Å². The lowest BCUT2D eigenvalue weighted by molar-refractivity contribution is 0.0954. The van der Waals surface area contributed by atoms with E-state index < -0.39 is 17.7 Å². The van der Waals surface area contributed by atoms with Gasteiger partial charge < -0.3 is 20.9 Å². The third-order valence-corrected chi connectivity index (χ3v) is 7.54. The fraction of sp³-hybridized carbons (Fsp3) is 0.235. The second kappa shape index (κ2) is 13.8. The molecule has 4 aromatic rings. The molecule has 1 aliphatic heterocycles. The Kier molecular flexibility index (Phi) is 9.44. The van der Waals surface area contributed by atoms with Crippen molar-refractivity contribution in [1.29, 1.82) is 0 Å². The Morgan fingerprint density at radius 1 is 0.738 bits per heavy atom. The number of nitrogens with one attached hydrogen (secondary N) is 3. The number of amides is 3. The molecule has 0 radical (unpaired) electrons. The van der Waals surface area contributed by atoms with Crippen LogP contribution >= 0.6 is 0 Å². The van der Waals surface area contributed by atoms with E-state index in [4.69, 9.17) is 0 Å². The molecule has 216 valence electrons. The van der Waals surface area contributed by atoms with Crippen molar-refractivity contribution in [2.24, 2.45) is 5.92 Å². The summed E-state index contributed by atoms with van der Waals surface area (Å²) in [5.74, 6) is -1.70. The topological polar surface area (TPSA) is 73.5 Å². The van der Waals surface area contributed by atoms with Crippen LogP contribution in [0.1, 0.15) is 34.3 Å². The second-order valence-corrected chi connectivity index (χ2v) is 10.6. The maximum atomic E-state index is 13.6. The smallest absolute Gasteiger partial charge is 0.323 e. The Hall–Kier alpha value is -4.72. The van der Waals surface area contributed by atoms with Gasteiger partial charge in [-0.3, -0.25) is 4.79 Å². The quantitative estimate of drug-likeness (QED) is 0.203. The number of nitrogens with zero attached hydrogens (tertiary/aromatic N) is 1. The number of urea groups is 1. The predicted octanol–water partition coefficient (Wildman–Crippen LogP) is 7.04. The summed E-state index contributed by atoms with van der Waals surface area (Å²) in [6, 6.07) is 28.2. The molecule has 0 bridgehead atoms. The van der Waals surface area contributed by atoms with Gasteiger partial charge in [-0.15, -0.1) is 0 Å². The minimum Gasteiger partial charge on any atom is -0.371 e. The van der Waals surface area contributed by atoms with Crippen LogP contribution in [-0.4, -0.2) is 31.6 Å². The lowest BCUT2D eigenvalue weighted by Gasteiger charge is -2.35. The first-order valence-electron chi connectivity index (χ1n) is 14.2. The Bertz CT molecular complexity index is 1510. The molecule has 1 aliphatic rings. The Morgan fingerprint density at radius 2 is 1.36 bits per heavy atom. The van der Waals surface area contributed by atoms with Gasteiger partial charge in [-0.25, -0.2) is 13.6 Å². The van der Waals surface area contributed by atoms with Gasteiger partial charge in [0, 0.05) is 42.8 Å². The molecule has 1 saturated heterocycles. The molecule has 3 N–H and O–H groups in total. The average molecular weight is 569 g/mol. The molecular formula is C34H34F2N4O2. The number of anilines is 3. The van der Waals surface area contributed by atoms with Crippen molar-refractivity contribution in [1.82, 2.24) is 5.32 Å². The second-order valence-electron chi connectivity index (χ2n) is 10.6. The van der Waals surface area contributed by atoms with E-state index in [2.05, 4.69) is 45.1 Å². The molecule has 0 aromatic heterocycles. The molecule has 0 saturated carbocycles. The maximum Gasteiger partial charge on any atom is 0.323 e. The van der Waals surface area contributed by atoms with Crippen molar-refractivity contribution in [3.8, 4) is 0 Å². The van der Waals surface area contributed by atoms with Crippen LogP contribution in [0.5, 0.6) is 0 Å². The van der Waals surface area contributed by atoms with Crippen LogP contribution in [0.4, 0.5) is 30.6 Å². The normalized spacial score (nSPS) is 13.4. The molecule has 0 unspecified atom stereocenters. The summed E-state index contributed by atoms with van der Waals surface area (Å²) in [6.07, 6.45) is 3.76. The first-order valence-corrected chi connectivity index (χ1v) is 14.2. The zero-order valence-corrected chi connectivity index (χ0v) is 23.3. The van der Waals surface area contributed by atoms with Gasteiger partial charge in [0.05, 0.1) is 5.56 Å². The molecule has 4 aromatic carbocycles. The van der Waals surface area contributed by atoms with Crippen molar-refractivity contribution in [2.45, 2.75) is 25.7 Å². The van der Waals surface area contributed by atoms with Gasteiger partial charge in [-0.1, -0.05) is 60.7 Å². The Morgan fingerprint density at radius 3 is 2.02 bits per heavy atom. The van der Waals surface area contributed by atoms with Gasteiger partial charge in [-0.05, 0) is 73.1 Å². The third-order valence-electron chi connectivity index (χ3n) is 7.54. The number of hydrogen-bond donors (Lipinski definition) is 3. The number of carbonyl (C=O) groups excluding carboxylic acids is 2. The van der Waals surface area contributed by atoms with Crippen molar-refractivity contribution in [3.63, 3.8) is 0 Å². The molecule has 1 heterocycles. The lowest BCUT2D eigenvalue weighted by atomic mass is 9.89. The summed E-state index contributed by atoms with van der Waals surface area (Å²) < 4.78 is 26.8. The number of halogens is 2. The van der Waals surface area contributed by atoms with Crippen molar-refractivity contribution < 1.29 is 18.4 Å². The highest BCUT2D eigenvalue weighted by Gasteiger charge is 2.24. The van der Waals surface area contributed by atoms with E-state index in [1.807, 2.05) is 42.5 Å². The minimum absolute atomic E-state index is 0.111. The van der Waals surface area contributed by atoms with Gasteiger partial charge >= 0.3 is 6.03 Å². The first-order chi connectivity index (χ1) is 20.4. The summed E-state index contributed by atoms with van der Waals surface area (Å²) in [4.78, 5) is 28.3. The van der Waals surface area contributed by atoms with Gasteiger partial charge in [0.15, 0.2) is 11.6 Å². The molecule has 6 nitrogen and oxygen atoms in total.